The molecule has 1 unspecified atom stereocenters. The summed E-state index contributed by atoms with van der Waals surface area (Å²) in [6.07, 6.45) is 2.53. The molecule has 0 bridgehead atoms. The fourth-order valence-corrected chi connectivity index (χ4v) is 1.74. The molecule has 0 aliphatic rings. The van der Waals surface area contributed by atoms with Crippen molar-refractivity contribution in [2.75, 3.05) is 11.9 Å². The van der Waals surface area contributed by atoms with Gasteiger partial charge in [0, 0.05) is 24.7 Å². The van der Waals surface area contributed by atoms with Crippen molar-refractivity contribution in [3.8, 4) is 0 Å². The van der Waals surface area contributed by atoms with E-state index in [4.69, 9.17) is 0 Å². The van der Waals surface area contributed by atoms with Gasteiger partial charge in [0.15, 0.2) is 0 Å². The molecule has 0 saturated carbocycles. The Morgan fingerprint density at radius 2 is 2.00 bits per heavy atom. The topological polar surface area (TPSA) is 41.1 Å². The molecule has 18 heavy (non-hydrogen) atoms. The molecular formula is C15H24N2O. The zero-order chi connectivity index (χ0) is 13.4. The average Bonchev–Trinajstić information content (AvgIpc) is 2.39. The molecule has 1 rings (SSSR count). The molecule has 2 N–H and O–H groups in total. The van der Waals surface area contributed by atoms with Crippen LogP contribution in [0.25, 0.3) is 0 Å². The first kappa shape index (κ1) is 14.7. The second-order valence-electron chi connectivity index (χ2n) is 4.57. The molecule has 0 aromatic heterocycles. The van der Waals surface area contributed by atoms with Gasteiger partial charge in [0.05, 0.1) is 0 Å². The predicted molar refractivity (Wildman–Crippen MR) is 76.8 cm³/mol. The van der Waals surface area contributed by atoms with Crippen LogP contribution in [0.15, 0.2) is 24.3 Å². The van der Waals surface area contributed by atoms with E-state index in [2.05, 4.69) is 31.4 Å². The Morgan fingerprint density at radius 1 is 1.28 bits per heavy atom. The molecule has 1 amide bonds. The van der Waals surface area contributed by atoms with Gasteiger partial charge in [0.1, 0.15) is 0 Å². The lowest BCUT2D eigenvalue weighted by Gasteiger charge is -2.12. The number of hydrogen-bond acceptors (Lipinski definition) is 2. The van der Waals surface area contributed by atoms with Crippen molar-refractivity contribution in [1.82, 2.24) is 5.32 Å². The Bertz CT molecular complexity index is 377. The Kier molecular flexibility index (Phi) is 6.44. The summed E-state index contributed by atoms with van der Waals surface area (Å²) in [5, 5.41) is 6.29. The van der Waals surface area contributed by atoms with E-state index in [1.165, 1.54) is 5.56 Å². The zero-order valence-corrected chi connectivity index (χ0v) is 11.6. The van der Waals surface area contributed by atoms with Crippen LogP contribution < -0.4 is 10.6 Å². The van der Waals surface area contributed by atoms with E-state index in [9.17, 15) is 4.79 Å². The van der Waals surface area contributed by atoms with Gasteiger partial charge in [-0.1, -0.05) is 32.0 Å². The van der Waals surface area contributed by atoms with Gasteiger partial charge >= 0.3 is 0 Å². The van der Waals surface area contributed by atoms with E-state index in [-0.39, 0.29) is 5.91 Å². The van der Waals surface area contributed by atoms with Gasteiger partial charge < -0.3 is 10.6 Å². The van der Waals surface area contributed by atoms with Crippen LogP contribution in [-0.2, 0) is 11.2 Å². The Labute approximate surface area is 110 Å². The maximum Gasteiger partial charge on any atom is 0.225 e. The minimum absolute atomic E-state index is 0.0757. The van der Waals surface area contributed by atoms with Crippen molar-refractivity contribution >= 4 is 11.6 Å². The Balaban J connectivity index is 2.40. The van der Waals surface area contributed by atoms with Gasteiger partial charge in [-0.05, 0) is 31.4 Å². The number of carbonyl (C=O) groups is 1. The van der Waals surface area contributed by atoms with Crippen LogP contribution in [-0.4, -0.2) is 18.5 Å². The number of aryl methyl sites for hydroxylation is 1. The number of nitrogens with one attached hydrogen (secondary N) is 2. The molecule has 1 aromatic carbocycles. The molecular weight excluding hydrogens is 224 g/mol. The molecule has 3 nitrogen and oxygen atoms in total. The van der Waals surface area contributed by atoms with E-state index in [1.807, 2.05) is 24.3 Å². The minimum Gasteiger partial charge on any atom is -0.326 e. The van der Waals surface area contributed by atoms with Gasteiger partial charge in [0.25, 0.3) is 0 Å². The minimum atomic E-state index is 0.0757. The Hall–Kier alpha value is -1.35. The molecule has 0 heterocycles. The van der Waals surface area contributed by atoms with Crippen LogP contribution in [0.4, 0.5) is 5.69 Å². The third-order valence-corrected chi connectivity index (χ3v) is 3.13. The molecule has 0 spiro atoms. The number of carbonyl (C=O) groups excluding carboxylic acids is 1. The number of benzene rings is 1. The number of anilines is 1. The van der Waals surface area contributed by atoms with Crippen molar-refractivity contribution in [1.29, 1.82) is 0 Å². The monoisotopic (exact) mass is 248 g/mol. The van der Waals surface area contributed by atoms with Gasteiger partial charge in [-0.25, -0.2) is 0 Å². The summed E-state index contributed by atoms with van der Waals surface area (Å²) in [6, 6.07) is 8.43. The first-order chi connectivity index (χ1) is 8.67. The summed E-state index contributed by atoms with van der Waals surface area (Å²) in [5.41, 5.74) is 2.12. The normalized spacial score (nSPS) is 12.2. The molecule has 0 aliphatic carbocycles. The van der Waals surface area contributed by atoms with Crippen LogP contribution in [0.5, 0.6) is 0 Å². The number of hydrogen-bond donors (Lipinski definition) is 2. The number of rotatable bonds is 7. The summed E-state index contributed by atoms with van der Waals surface area (Å²) in [5.74, 6) is 0.0757. The average molecular weight is 248 g/mol. The molecule has 0 aliphatic heterocycles. The molecule has 1 atom stereocenters. The smallest absolute Gasteiger partial charge is 0.225 e. The van der Waals surface area contributed by atoms with E-state index in [1.54, 1.807) is 0 Å². The largest absolute Gasteiger partial charge is 0.326 e. The quantitative estimate of drug-likeness (QED) is 0.779. The van der Waals surface area contributed by atoms with E-state index in [0.717, 1.165) is 25.1 Å². The summed E-state index contributed by atoms with van der Waals surface area (Å²) < 4.78 is 0. The van der Waals surface area contributed by atoms with Gasteiger partial charge in [-0.3, -0.25) is 4.79 Å². The van der Waals surface area contributed by atoms with Gasteiger partial charge in [-0.15, -0.1) is 0 Å². The van der Waals surface area contributed by atoms with Crippen LogP contribution in [0.3, 0.4) is 0 Å². The van der Waals surface area contributed by atoms with Crippen LogP contribution in [0, 0.1) is 0 Å². The molecule has 3 heteroatoms. The maximum absolute atomic E-state index is 11.8. The summed E-state index contributed by atoms with van der Waals surface area (Å²) >= 11 is 0. The summed E-state index contributed by atoms with van der Waals surface area (Å²) in [6.45, 7) is 7.09. The second-order valence-corrected chi connectivity index (χ2v) is 4.57. The van der Waals surface area contributed by atoms with Crippen molar-refractivity contribution in [3.63, 3.8) is 0 Å². The van der Waals surface area contributed by atoms with Crippen molar-refractivity contribution in [2.24, 2.45) is 0 Å². The van der Waals surface area contributed by atoms with Crippen molar-refractivity contribution in [3.05, 3.63) is 29.8 Å². The molecule has 0 fully saturated rings. The molecule has 100 valence electrons. The predicted octanol–water partition coefficient (Wildman–Crippen LogP) is 2.97. The van der Waals surface area contributed by atoms with Crippen LogP contribution in [0.1, 0.15) is 39.2 Å². The lowest BCUT2D eigenvalue weighted by Crippen LogP contribution is -2.29. The standard InChI is InChI=1S/C15H24N2O/c1-4-12(3)16-11-10-15(18)17-14-9-7-6-8-13(14)5-2/h6-9,12,16H,4-5,10-11H2,1-3H3,(H,17,18). The summed E-state index contributed by atoms with van der Waals surface area (Å²) in [7, 11) is 0. The highest BCUT2D eigenvalue weighted by molar-refractivity contribution is 5.91. The van der Waals surface area contributed by atoms with E-state index >= 15 is 0 Å². The first-order valence-corrected chi connectivity index (χ1v) is 6.78. The van der Waals surface area contributed by atoms with Gasteiger partial charge in [0.2, 0.25) is 5.91 Å². The highest BCUT2D eigenvalue weighted by atomic mass is 16.1. The maximum atomic E-state index is 11.8. The van der Waals surface area contributed by atoms with Gasteiger partial charge in [-0.2, -0.15) is 0 Å². The molecule has 0 saturated heterocycles. The van der Waals surface area contributed by atoms with E-state index < -0.39 is 0 Å². The highest BCUT2D eigenvalue weighted by Crippen LogP contribution is 2.15. The fraction of sp³-hybridized carbons (Fsp3) is 0.533. The molecule has 1 aromatic rings. The molecule has 0 radical (unpaired) electrons. The van der Waals surface area contributed by atoms with Crippen molar-refractivity contribution in [2.45, 2.75) is 46.1 Å². The summed E-state index contributed by atoms with van der Waals surface area (Å²) in [4.78, 5) is 11.8. The first-order valence-electron chi connectivity index (χ1n) is 6.78. The second kappa shape index (κ2) is 7.88. The van der Waals surface area contributed by atoms with Crippen molar-refractivity contribution < 1.29 is 4.79 Å². The fourth-order valence-electron chi connectivity index (χ4n) is 1.74. The lowest BCUT2D eigenvalue weighted by atomic mass is 10.1. The van der Waals surface area contributed by atoms with Crippen LogP contribution >= 0.6 is 0 Å². The zero-order valence-electron chi connectivity index (χ0n) is 11.6. The third-order valence-electron chi connectivity index (χ3n) is 3.13. The Morgan fingerprint density at radius 3 is 2.67 bits per heavy atom. The van der Waals surface area contributed by atoms with Crippen LogP contribution in [0.2, 0.25) is 0 Å². The number of amides is 1. The number of para-hydroxylation sites is 1. The lowest BCUT2D eigenvalue weighted by molar-refractivity contribution is -0.116. The SMILES string of the molecule is CCc1ccccc1NC(=O)CCNC(C)CC. The highest BCUT2D eigenvalue weighted by Gasteiger charge is 2.05. The van der Waals surface area contributed by atoms with E-state index in [0.29, 0.717) is 12.5 Å². The third kappa shape index (κ3) is 4.88.